The minimum absolute atomic E-state index is 0.0810. The highest BCUT2D eigenvalue weighted by Crippen LogP contribution is 2.33. The molecule has 0 aliphatic carbocycles. The first-order chi connectivity index (χ1) is 7.92. The molecule has 1 aromatic rings. The van der Waals surface area contributed by atoms with Gasteiger partial charge in [-0.25, -0.2) is 8.78 Å². The molecule has 1 atom stereocenters. The molecular weight excluding hydrogens is 224 g/mol. The van der Waals surface area contributed by atoms with Gasteiger partial charge in [0.1, 0.15) is 5.75 Å². The summed E-state index contributed by atoms with van der Waals surface area (Å²) < 4.78 is 30.7. The lowest BCUT2D eigenvalue weighted by molar-refractivity contribution is 0.145. The fourth-order valence-electron chi connectivity index (χ4n) is 1.55. The summed E-state index contributed by atoms with van der Waals surface area (Å²) in [6.45, 7) is 5.96. The van der Waals surface area contributed by atoms with E-state index in [-0.39, 0.29) is 11.3 Å². The first-order valence-corrected chi connectivity index (χ1v) is 5.76. The molecular formula is C13H19F2NO. The maximum absolute atomic E-state index is 12.7. The Morgan fingerprint density at radius 2 is 2.00 bits per heavy atom. The molecule has 0 aromatic heterocycles. The average Bonchev–Trinajstić information content (AvgIpc) is 2.29. The van der Waals surface area contributed by atoms with Gasteiger partial charge in [0, 0.05) is 5.54 Å². The summed E-state index contributed by atoms with van der Waals surface area (Å²) in [6.07, 6.45) is -1.80. The van der Waals surface area contributed by atoms with Crippen molar-refractivity contribution < 1.29 is 13.5 Å². The molecule has 0 saturated carbocycles. The van der Waals surface area contributed by atoms with Gasteiger partial charge in [-0.2, -0.15) is 0 Å². The molecule has 0 fully saturated rings. The Balaban J connectivity index is 3.18. The topological polar surface area (TPSA) is 35.2 Å². The van der Waals surface area contributed by atoms with Crippen LogP contribution in [0.15, 0.2) is 18.2 Å². The summed E-state index contributed by atoms with van der Waals surface area (Å²) >= 11 is 0. The zero-order valence-corrected chi connectivity index (χ0v) is 10.5. The SMILES string of the molecule is CCOc1cc(C(C)(N)CC)ccc1C(F)F. The monoisotopic (exact) mass is 243 g/mol. The summed E-state index contributed by atoms with van der Waals surface area (Å²) in [6, 6.07) is 4.66. The number of nitrogens with two attached hydrogens (primary N) is 1. The van der Waals surface area contributed by atoms with Crippen LogP contribution < -0.4 is 10.5 Å². The molecule has 0 saturated heterocycles. The Morgan fingerprint density at radius 3 is 2.47 bits per heavy atom. The summed E-state index contributed by atoms with van der Waals surface area (Å²) in [5.41, 5.74) is 6.30. The van der Waals surface area contributed by atoms with E-state index in [0.29, 0.717) is 6.61 Å². The van der Waals surface area contributed by atoms with E-state index >= 15 is 0 Å². The molecule has 1 rings (SSSR count). The van der Waals surface area contributed by atoms with E-state index in [4.69, 9.17) is 10.5 Å². The van der Waals surface area contributed by atoms with Crippen LogP contribution in [0, 0.1) is 0 Å². The number of benzene rings is 1. The highest BCUT2D eigenvalue weighted by Gasteiger charge is 2.22. The minimum atomic E-state index is -2.53. The number of alkyl halides is 2. The van der Waals surface area contributed by atoms with Crippen molar-refractivity contribution in [2.45, 2.75) is 39.2 Å². The molecule has 1 aromatic carbocycles. The fourth-order valence-corrected chi connectivity index (χ4v) is 1.55. The molecule has 0 radical (unpaired) electrons. The predicted octanol–water partition coefficient (Wildman–Crippen LogP) is 3.61. The molecule has 2 nitrogen and oxygen atoms in total. The normalized spacial score (nSPS) is 14.8. The van der Waals surface area contributed by atoms with Gasteiger partial charge in [-0.3, -0.25) is 0 Å². The molecule has 0 spiro atoms. The molecule has 17 heavy (non-hydrogen) atoms. The van der Waals surface area contributed by atoms with Crippen LogP contribution >= 0.6 is 0 Å². The Bertz CT molecular complexity index is 378. The summed E-state index contributed by atoms with van der Waals surface area (Å²) in [4.78, 5) is 0. The van der Waals surface area contributed by atoms with Crippen LogP contribution in [0.3, 0.4) is 0 Å². The fraction of sp³-hybridized carbons (Fsp3) is 0.538. The van der Waals surface area contributed by atoms with Crippen molar-refractivity contribution in [1.29, 1.82) is 0 Å². The van der Waals surface area contributed by atoms with Crippen LogP contribution in [0.4, 0.5) is 8.78 Å². The lowest BCUT2D eigenvalue weighted by atomic mass is 9.89. The first-order valence-electron chi connectivity index (χ1n) is 5.76. The van der Waals surface area contributed by atoms with E-state index in [2.05, 4.69) is 0 Å². The van der Waals surface area contributed by atoms with Crippen LogP contribution in [-0.2, 0) is 5.54 Å². The zero-order chi connectivity index (χ0) is 13.1. The van der Waals surface area contributed by atoms with Gasteiger partial charge in [0.2, 0.25) is 0 Å². The van der Waals surface area contributed by atoms with Crippen molar-refractivity contribution in [1.82, 2.24) is 0 Å². The van der Waals surface area contributed by atoms with Crippen LogP contribution in [0.5, 0.6) is 5.75 Å². The molecule has 2 N–H and O–H groups in total. The third-order valence-electron chi connectivity index (χ3n) is 2.94. The molecule has 0 aliphatic rings. The van der Waals surface area contributed by atoms with E-state index in [1.165, 1.54) is 6.07 Å². The van der Waals surface area contributed by atoms with E-state index in [0.717, 1.165) is 12.0 Å². The van der Waals surface area contributed by atoms with Gasteiger partial charge in [-0.1, -0.05) is 13.0 Å². The summed E-state index contributed by atoms with van der Waals surface area (Å²) in [5, 5.41) is 0. The number of hydrogen-bond donors (Lipinski definition) is 1. The standard InChI is InChI=1S/C13H19F2NO/c1-4-13(3,16)9-6-7-10(12(14)15)11(8-9)17-5-2/h6-8,12H,4-5,16H2,1-3H3. The maximum Gasteiger partial charge on any atom is 0.267 e. The first kappa shape index (κ1) is 13.9. The number of rotatable bonds is 5. The number of ether oxygens (including phenoxy) is 1. The van der Waals surface area contributed by atoms with Crippen LogP contribution in [-0.4, -0.2) is 6.61 Å². The Kier molecular flexibility index (Phi) is 4.46. The van der Waals surface area contributed by atoms with Gasteiger partial charge in [0.15, 0.2) is 0 Å². The van der Waals surface area contributed by atoms with Gasteiger partial charge in [0.05, 0.1) is 12.2 Å². The van der Waals surface area contributed by atoms with E-state index in [1.54, 1.807) is 19.1 Å². The summed E-state index contributed by atoms with van der Waals surface area (Å²) in [7, 11) is 0. The van der Waals surface area contributed by atoms with Gasteiger partial charge >= 0.3 is 0 Å². The predicted molar refractivity (Wildman–Crippen MR) is 64.4 cm³/mol. The third kappa shape index (κ3) is 3.16. The molecule has 0 aliphatic heterocycles. The van der Waals surface area contributed by atoms with Gasteiger partial charge in [-0.05, 0) is 38.0 Å². The minimum Gasteiger partial charge on any atom is -0.493 e. The van der Waals surface area contributed by atoms with Crippen molar-refractivity contribution >= 4 is 0 Å². The van der Waals surface area contributed by atoms with Gasteiger partial charge in [0.25, 0.3) is 6.43 Å². The maximum atomic E-state index is 12.7. The highest BCUT2D eigenvalue weighted by atomic mass is 19.3. The van der Waals surface area contributed by atoms with Crippen LogP contribution in [0.25, 0.3) is 0 Å². The van der Waals surface area contributed by atoms with Crippen molar-refractivity contribution in [3.05, 3.63) is 29.3 Å². The molecule has 0 heterocycles. The Labute approximate surface area is 101 Å². The average molecular weight is 243 g/mol. The molecule has 0 bridgehead atoms. The lowest BCUT2D eigenvalue weighted by Gasteiger charge is -2.24. The lowest BCUT2D eigenvalue weighted by Crippen LogP contribution is -2.31. The zero-order valence-electron chi connectivity index (χ0n) is 10.5. The van der Waals surface area contributed by atoms with Gasteiger partial charge < -0.3 is 10.5 Å². The highest BCUT2D eigenvalue weighted by molar-refractivity contribution is 5.40. The molecule has 96 valence electrons. The van der Waals surface area contributed by atoms with Gasteiger partial charge in [-0.15, -0.1) is 0 Å². The molecule has 1 unspecified atom stereocenters. The third-order valence-corrected chi connectivity index (χ3v) is 2.94. The smallest absolute Gasteiger partial charge is 0.267 e. The second-order valence-electron chi connectivity index (χ2n) is 4.26. The Hall–Kier alpha value is -1.16. The largest absolute Gasteiger partial charge is 0.493 e. The number of hydrogen-bond acceptors (Lipinski definition) is 2. The van der Waals surface area contributed by atoms with Crippen molar-refractivity contribution in [2.75, 3.05) is 6.61 Å². The van der Waals surface area contributed by atoms with Crippen LogP contribution in [0.2, 0.25) is 0 Å². The molecule has 4 heteroatoms. The van der Waals surface area contributed by atoms with E-state index in [1.807, 2.05) is 13.8 Å². The molecule has 0 amide bonds. The van der Waals surface area contributed by atoms with Crippen molar-refractivity contribution in [2.24, 2.45) is 5.73 Å². The quantitative estimate of drug-likeness (QED) is 0.857. The van der Waals surface area contributed by atoms with E-state index < -0.39 is 12.0 Å². The van der Waals surface area contributed by atoms with E-state index in [9.17, 15) is 8.78 Å². The van der Waals surface area contributed by atoms with Crippen molar-refractivity contribution in [3.8, 4) is 5.75 Å². The Morgan fingerprint density at radius 1 is 1.35 bits per heavy atom. The second kappa shape index (κ2) is 5.45. The van der Waals surface area contributed by atoms with Crippen LogP contribution in [0.1, 0.15) is 44.7 Å². The summed E-state index contributed by atoms with van der Waals surface area (Å²) in [5.74, 6) is 0.227. The number of halogens is 2. The van der Waals surface area contributed by atoms with Crippen molar-refractivity contribution in [3.63, 3.8) is 0 Å². The second-order valence-corrected chi connectivity index (χ2v) is 4.26.